The van der Waals surface area contributed by atoms with Crippen LogP contribution in [0.1, 0.15) is 29.8 Å². The van der Waals surface area contributed by atoms with Gasteiger partial charge in [0.05, 0.1) is 11.3 Å². The number of carbonyl (C=O) groups excluding carboxylic acids is 2. The Kier molecular flexibility index (Phi) is 4.00. The Morgan fingerprint density at radius 1 is 1.32 bits per heavy atom. The van der Waals surface area contributed by atoms with Gasteiger partial charge in [-0.15, -0.1) is 0 Å². The number of aryl methyl sites for hydroxylation is 1. The standard InChI is InChI=1S/C15H20N2O2/c1-4-16-8-10(2)9-17-13-11(3)6-5-7-12(13)14(18)15(17)19/h5-7,10,16H,4,8-9H2,1-3H3. The molecule has 4 nitrogen and oxygen atoms in total. The Morgan fingerprint density at radius 3 is 2.74 bits per heavy atom. The van der Waals surface area contributed by atoms with Crippen molar-refractivity contribution < 1.29 is 9.59 Å². The number of hydrogen-bond donors (Lipinski definition) is 1. The average Bonchev–Trinajstić information content (AvgIpc) is 2.63. The van der Waals surface area contributed by atoms with Gasteiger partial charge in [0, 0.05) is 6.54 Å². The minimum atomic E-state index is -0.396. The number of benzene rings is 1. The van der Waals surface area contributed by atoms with Crippen molar-refractivity contribution in [3.8, 4) is 0 Å². The van der Waals surface area contributed by atoms with Gasteiger partial charge in [-0.25, -0.2) is 0 Å². The van der Waals surface area contributed by atoms with Crippen molar-refractivity contribution in [3.05, 3.63) is 29.3 Å². The Balaban J connectivity index is 2.23. The predicted molar refractivity (Wildman–Crippen MR) is 75.6 cm³/mol. The molecule has 0 radical (unpaired) electrons. The van der Waals surface area contributed by atoms with Crippen molar-refractivity contribution in [1.82, 2.24) is 5.32 Å². The van der Waals surface area contributed by atoms with E-state index in [1.54, 1.807) is 11.0 Å². The van der Waals surface area contributed by atoms with Crippen LogP contribution in [-0.2, 0) is 4.79 Å². The molecule has 1 aromatic carbocycles. The number of nitrogens with one attached hydrogen (secondary N) is 1. The molecule has 1 amide bonds. The number of anilines is 1. The van der Waals surface area contributed by atoms with Crippen molar-refractivity contribution in [2.45, 2.75) is 20.8 Å². The molecule has 1 heterocycles. The zero-order valence-electron chi connectivity index (χ0n) is 11.7. The lowest BCUT2D eigenvalue weighted by molar-refractivity contribution is -0.114. The minimum Gasteiger partial charge on any atom is -0.317 e. The van der Waals surface area contributed by atoms with E-state index in [4.69, 9.17) is 0 Å². The molecule has 0 bridgehead atoms. The summed E-state index contributed by atoms with van der Waals surface area (Å²) in [7, 11) is 0. The monoisotopic (exact) mass is 260 g/mol. The van der Waals surface area contributed by atoms with Crippen LogP contribution in [0.2, 0.25) is 0 Å². The van der Waals surface area contributed by atoms with E-state index in [0.717, 1.165) is 24.3 Å². The molecule has 1 aliphatic heterocycles. The molecule has 0 saturated heterocycles. The van der Waals surface area contributed by atoms with Crippen LogP contribution in [0.5, 0.6) is 0 Å². The van der Waals surface area contributed by atoms with Crippen LogP contribution in [0.4, 0.5) is 5.69 Å². The Bertz CT molecular complexity index is 511. The van der Waals surface area contributed by atoms with Crippen molar-refractivity contribution in [3.63, 3.8) is 0 Å². The molecule has 19 heavy (non-hydrogen) atoms. The molecule has 102 valence electrons. The quantitative estimate of drug-likeness (QED) is 0.821. The fourth-order valence-corrected chi connectivity index (χ4v) is 2.48. The van der Waals surface area contributed by atoms with Gasteiger partial charge in [-0.2, -0.15) is 0 Å². The van der Waals surface area contributed by atoms with Gasteiger partial charge in [0.2, 0.25) is 0 Å². The molecule has 0 spiro atoms. The number of ketones is 1. The number of hydrogen-bond acceptors (Lipinski definition) is 3. The summed E-state index contributed by atoms with van der Waals surface area (Å²) in [6, 6.07) is 5.50. The third-order valence-electron chi connectivity index (χ3n) is 3.43. The van der Waals surface area contributed by atoms with Crippen LogP contribution in [-0.4, -0.2) is 31.3 Å². The van der Waals surface area contributed by atoms with Gasteiger partial charge in [0.1, 0.15) is 0 Å². The number of rotatable bonds is 5. The maximum atomic E-state index is 12.1. The van der Waals surface area contributed by atoms with E-state index in [2.05, 4.69) is 19.2 Å². The fraction of sp³-hybridized carbons (Fsp3) is 0.467. The molecule has 1 aromatic rings. The van der Waals surface area contributed by atoms with Crippen LogP contribution >= 0.6 is 0 Å². The Labute approximate surface area is 113 Å². The second-order valence-corrected chi connectivity index (χ2v) is 5.13. The average molecular weight is 260 g/mol. The molecule has 0 aromatic heterocycles. The lowest BCUT2D eigenvalue weighted by atomic mass is 10.1. The highest BCUT2D eigenvalue weighted by atomic mass is 16.2. The van der Waals surface area contributed by atoms with Gasteiger partial charge in [0.25, 0.3) is 11.7 Å². The number of amides is 1. The predicted octanol–water partition coefficient (Wildman–Crippen LogP) is 1.77. The topological polar surface area (TPSA) is 49.4 Å². The maximum absolute atomic E-state index is 12.1. The van der Waals surface area contributed by atoms with Crippen molar-refractivity contribution in [2.75, 3.05) is 24.5 Å². The zero-order chi connectivity index (χ0) is 14.0. The largest absolute Gasteiger partial charge is 0.317 e. The first-order valence-corrected chi connectivity index (χ1v) is 6.72. The summed E-state index contributed by atoms with van der Waals surface area (Å²) in [5, 5.41) is 3.26. The maximum Gasteiger partial charge on any atom is 0.299 e. The second-order valence-electron chi connectivity index (χ2n) is 5.13. The highest BCUT2D eigenvalue weighted by Gasteiger charge is 2.37. The summed E-state index contributed by atoms with van der Waals surface area (Å²) in [4.78, 5) is 25.7. The van der Waals surface area contributed by atoms with Gasteiger partial charge in [-0.05, 0) is 37.6 Å². The Hall–Kier alpha value is -1.68. The van der Waals surface area contributed by atoms with E-state index in [1.165, 1.54) is 0 Å². The third kappa shape index (κ3) is 2.54. The summed E-state index contributed by atoms with van der Waals surface area (Å²) >= 11 is 0. The molecule has 1 N–H and O–H groups in total. The molecule has 1 unspecified atom stereocenters. The smallest absolute Gasteiger partial charge is 0.299 e. The number of Topliss-reactive ketones (excluding diaryl/α,β-unsaturated/α-hetero) is 1. The second kappa shape index (κ2) is 5.53. The lowest BCUT2D eigenvalue weighted by Gasteiger charge is -2.22. The molecular weight excluding hydrogens is 240 g/mol. The van der Waals surface area contributed by atoms with Crippen molar-refractivity contribution >= 4 is 17.4 Å². The summed E-state index contributed by atoms with van der Waals surface area (Å²) in [5.74, 6) is -0.468. The molecule has 4 heteroatoms. The first-order chi connectivity index (χ1) is 9.06. The zero-order valence-corrected chi connectivity index (χ0v) is 11.7. The van der Waals surface area contributed by atoms with E-state index in [-0.39, 0.29) is 5.78 Å². The number of para-hydroxylation sites is 1. The van der Waals surface area contributed by atoms with Gasteiger partial charge in [0.15, 0.2) is 0 Å². The van der Waals surface area contributed by atoms with Crippen molar-refractivity contribution in [2.24, 2.45) is 5.92 Å². The number of nitrogens with zero attached hydrogens (tertiary/aromatic N) is 1. The summed E-state index contributed by atoms with van der Waals surface area (Å²) < 4.78 is 0. The summed E-state index contributed by atoms with van der Waals surface area (Å²) in [6.45, 7) is 8.40. The van der Waals surface area contributed by atoms with E-state index >= 15 is 0 Å². The summed E-state index contributed by atoms with van der Waals surface area (Å²) in [5.41, 5.74) is 2.31. The van der Waals surface area contributed by atoms with Crippen LogP contribution < -0.4 is 10.2 Å². The van der Waals surface area contributed by atoms with Crippen LogP contribution in [0, 0.1) is 12.8 Å². The van der Waals surface area contributed by atoms with Gasteiger partial charge >= 0.3 is 0 Å². The number of carbonyl (C=O) groups is 2. The molecule has 0 saturated carbocycles. The van der Waals surface area contributed by atoms with E-state index in [0.29, 0.717) is 18.0 Å². The van der Waals surface area contributed by atoms with Crippen LogP contribution in [0.15, 0.2) is 18.2 Å². The van der Waals surface area contributed by atoms with E-state index in [1.807, 2.05) is 19.1 Å². The molecule has 0 aliphatic carbocycles. The van der Waals surface area contributed by atoms with Gasteiger partial charge in [-0.3, -0.25) is 9.59 Å². The minimum absolute atomic E-state index is 0.308. The molecule has 2 rings (SSSR count). The number of fused-ring (bicyclic) bond motifs is 1. The fourth-order valence-electron chi connectivity index (χ4n) is 2.48. The van der Waals surface area contributed by atoms with Crippen LogP contribution in [0.25, 0.3) is 0 Å². The van der Waals surface area contributed by atoms with E-state index < -0.39 is 5.91 Å². The molecule has 1 aliphatic rings. The van der Waals surface area contributed by atoms with Crippen LogP contribution in [0.3, 0.4) is 0 Å². The van der Waals surface area contributed by atoms with Gasteiger partial charge in [-0.1, -0.05) is 26.0 Å². The highest BCUT2D eigenvalue weighted by molar-refractivity contribution is 6.52. The normalized spacial score (nSPS) is 15.8. The Morgan fingerprint density at radius 2 is 2.05 bits per heavy atom. The van der Waals surface area contributed by atoms with Gasteiger partial charge < -0.3 is 10.2 Å². The molecule has 0 fully saturated rings. The van der Waals surface area contributed by atoms with E-state index in [9.17, 15) is 9.59 Å². The molecular formula is C15H20N2O2. The summed E-state index contributed by atoms with van der Waals surface area (Å²) in [6.07, 6.45) is 0. The molecule has 1 atom stereocenters. The SMILES string of the molecule is CCNCC(C)CN1C(=O)C(=O)c2cccc(C)c21. The lowest BCUT2D eigenvalue weighted by Crippen LogP contribution is -2.37. The first kappa shape index (κ1) is 13.7. The van der Waals surface area contributed by atoms with Crippen molar-refractivity contribution in [1.29, 1.82) is 0 Å². The third-order valence-corrected chi connectivity index (χ3v) is 3.43. The first-order valence-electron chi connectivity index (χ1n) is 6.72. The highest BCUT2D eigenvalue weighted by Crippen LogP contribution is 2.32.